The SMILES string of the molecule is CC/C=C\C/C=C\C/C=C\C/C=C\C/C=C\C/C=C\CCCOCC(COC1OC(COC2OC(CO)C(O)C(O)C2O)C(O)C(O)C1O)OC(=O)CCCCCCCCCCCCCCC/C=C\CCCCCCCCCC. The molecule has 0 amide bonds. The molecule has 0 radical (unpaired) electrons. The van der Waals surface area contributed by atoms with Crippen LogP contribution in [0.5, 0.6) is 0 Å². The van der Waals surface area contributed by atoms with E-state index in [9.17, 15) is 40.5 Å². The first-order valence-corrected chi connectivity index (χ1v) is 31.2. The van der Waals surface area contributed by atoms with Gasteiger partial charge in [-0.15, -0.1) is 0 Å². The van der Waals surface area contributed by atoms with Crippen LogP contribution in [-0.4, -0.2) is 142 Å². The van der Waals surface area contributed by atoms with Gasteiger partial charge in [0.15, 0.2) is 12.6 Å². The number of carbonyl (C=O) groups is 1. The van der Waals surface area contributed by atoms with Crippen molar-refractivity contribution in [1.82, 2.24) is 0 Å². The largest absolute Gasteiger partial charge is 0.457 e. The van der Waals surface area contributed by atoms with E-state index in [-0.39, 0.29) is 19.6 Å². The van der Waals surface area contributed by atoms with Crippen molar-refractivity contribution in [3.63, 3.8) is 0 Å². The minimum Gasteiger partial charge on any atom is -0.457 e. The maximum atomic E-state index is 13.1. The Balaban J connectivity index is 1.71. The van der Waals surface area contributed by atoms with Crippen LogP contribution in [0.3, 0.4) is 0 Å². The Hall–Kier alpha value is -2.83. The molecule has 14 heteroatoms. The number of rotatable bonds is 50. The predicted molar refractivity (Wildman–Crippen MR) is 316 cm³/mol. The van der Waals surface area contributed by atoms with Gasteiger partial charge in [0.1, 0.15) is 54.9 Å². The summed E-state index contributed by atoms with van der Waals surface area (Å²) >= 11 is 0. The van der Waals surface area contributed by atoms with E-state index in [1.54, 1.807) is 0 Å². The number of hydrogen-bond acceptors (Lipinski definition) is 14. The van der Waals surface area contributed by atoms with E-state index in [2.05, 4.69) is 98.9 Å². The Morgan fingerprint density at radius 2 is 0.823 bits per heavy atom. The van der Waals surface area contributed by atoms with Crippen LogP contribution in [0.25, 0.3) is 0 Å². The zero-order valence-corrected chi connectivity index (χ0v) is 49.1. The molecule has 2 heterocycles. The lowest BCUT2D eigenvalue weighted by Crippen LogP contribution is -2.61. The number of carbonyl (C=O) groups excluding carboxylic acids is 1. The molecular weight excluding hydrogens is 1000 g/mol. The molecule has 2 saturated heterocycles. The fourth-order valence-corrected chi connectivity index (χ4v) is 9.42. The standard InChI is InChI=1S/C65H112O14/c1-3-5-7-9-11-13-15-17-19-21-23-25-26-27-28-29-30-32-34-36-38-40-42-44-46-48-57(67)77-54(51-74-49-47-45-43-41-39-37-35-33-31-24-22-20-18-16-14-12-10-8-6-4-2)52-75-64-63(73)61(71)59(69)56(79-64)53-76-65-62(72)60(70)58(68)55(50-66)78-65/h6,8,12,14,18,20-21,23-24,31,35,37,41,43,54-56,58-66,68-73H,3-5,7,9-11,13,15-17,19,22,25-30,32-34,36,38-40,42,44-53H2,1-2H3/b8-6-,14-12-,20-18-,23-21-,31-24-,37-35-,43-41-. The normalized spacial score (nSPS) is 24.6. The summed E-state index contributed by atoms with van der Waals surface area (Å²) < 4.78 is 34.4. The highest BCUT2D eigenvalue weighted by Gasteiger charge is 2.47. The van der Waals surface area contributed by atoms with Crippen molar-refractivity contribution in [1.29, 1.82) is 0 Å². The first-order chi connectivity index (χ1) is 38.6. The zero-order chi connectivity index (χ0) is 57.2. The second kappa shape index (κ2) is 50.9. The van der Waals surface area contributed by atoms with E-state index in [0.29, 0.717) is 13.0 Å². The predicted octanol–water partition coefficient (Wildman–Crippen LogP) is 12.0. The molecule has 0 aromatic rings. The number of aliphatic hydroxyl groups excluding tert-OH is 7. The molecule has 2 fully saturated rings. The zero-order valence-electron chi connectivity index (χ0n) is 49.1. The second-order valence-electron chi connectivity index (χ2n) is 21.5. The number of ether oxygens (including phenoxy) is 6. The molecule has 79 heavy (non-hydrogen) atoms. The van der Waals surface area contributed by atoms with Gasteiger partial charge < -0.3 is 64.2 Å². The van der Waals surface area contributed by atoms with E-state index in [4.69, 9.17) is 28.4 Å². The lowest BCUT2D eigenvalue weighted by atomic mass is 9.98. The highest BCUT2D eigenvalue weighted by molar-refractivity contribution is 5.69. The van der Waals surface area contributed by atoms with Gasteiger partial charge in [-0.25, -0.2) is 0 Å². The second-order valence-corrected chi connectivity index (χ2v) is 21.5. The van der Waals surface area contributed by atoms with Gasteiger partial charge in [-0.2, -0.15) is 0 Å². The van der Waals surface area contributed by atoms with Gasteiger partial charge in [0.2, 0.25) is 0 Å². The van der Waals surface area contributed by atoms with E-state index in [1.807, 2.05) is 0 Å². The molecular formula is C65H112O14. The lowest BCUT2D eigenvalue weighted by Gasteiger charge is -2.42. The Labute approximate surface area is 478 Å². The van der Waals surface area contributed by atoms with Crippen molar-refractivity contribution in [2.24, 2.45) is 0 Å². The number of unbranched alkanes of at least 4 members (excludes halogenated alkanes) is 22. The van der Waals surface area contributed by atoms with Crippen LogP contribution in [0.4, 0.5) is 0 Å². The van der Waals surface area contributed by atoms with Crippen molar-refractivity contribution < 1.29 is 69.0 Å². The summed E-state index contributed by atoms with van der Waals surface area (Å²) in [5.74, 6) is -0.396. The molecule has 14 nitrogen and oxygen atoms in total. The Kier molecular flexibility index (Phi) is 46.5. The van der Waals surface area contributed by atoms with Gasteiger partial charge in [0.25, 0.3) is 0 Å². The highest BCUT2D eigenvalue weighted by Crippen LogP contribution is 2.27. The summed E-state index contributed by atoms with van der Waals surface area (Å²) in [6.07, 6.45) is 50.9. The van der Waals surface area contributed by atoms with Crippen molar-refractivity contribution in [2.45, 2.75) is 287 Å². The smallest absolute Gasteiger partial charge is 0.306 e. The minimum atomic E-state index is -1.72. The average molecular weight is 1120 g/mol. The molecule has 0 bridgehead atoms. The Morgan fingerprint density at radius 1 is 0.430 bits per heavy atom. The van der Waals surface area contributed by atoms with Gasteiger partial charge in [0, 0.05) is 13.0 Å². The number of hydrogen-bond donors (Lipinski definition) is 7. The fraction of sp³-hybridized carbons (Fsp3) is 0.769. The lowest BCUT2D eigenvalue weighted by molar-refractivity contribution is -0.332. The fourth-order valence-electron chi connectivity index (χ4n) is 9.42. The highest BCUT2D eigenvalue weighted by atomic mass is 16.7. The summed E-state index contributed by atoms with van der Waals surface area (Å²) in [4.78, 5) is 13.1. The molecule has 0 spiro atoms. The van der Waals surface area contributed by atoms with Crippen molar-refractivity contribution in [3.05, 3.63) is 85.1 Å². The van der Waals surface area contributed by atoms with Gasteiger partial charge in [-0.3, -0.25) is 4.79 Å². The molecule has 0 saturated carbocycles. The third-order valence-electron chi connectivity index (χ3n) is 14.4. The number of allylic oxidation sites excluding steroid dienone is 14. The molecule has 11 unspecified atom stereocenters. The summed E-state index contributed by atoms with van der Waals surface area (Å²) in [5.41, 5.74) is 0. The monoisotopic (exact) mass is 1120 g/mol. The first-order valence-electron chi connectivity index (χ1n) is 31.2. The first kappa shape index (κ1) is 72.3. The van der Waals surface area contributed by atoms with E-state index >= 15 is 0 Å². The molecule has 0 aliphatic carbocycles. The number of aliphatic hydroxyl groups is 7. The molecule has 0 aromatic heterocycles. The summed E-state index contributed by atoms with van der Waals surface area (Å²) in [6.45, 7) is 3.43. The van der Waals surface area contributed by atoms with E-state index in [1.165, 1.54) is 122 Å². The van der Waals surface area contributed by atoms with Crippen LogP contribution >= 0.6 is 0 Å². The van der Waals surface area contributed by atoms with E-state index < -0.39 is 86.7 Å². The Morgan fingerprint density at radius 3 is 1.30 bits per heavy atom. The molecule has 7 N–H and O–H groups in total. The molecule has 11 atom stereocenters. The quantitative estimate of drug-likeness (QED) is 0.0172. The third-order valence-corrected chi connectivity index (χ3v) is 14.4. The topological polar surface area (TPSA) is 214 Å². The Bertz CT molecular complexity index is 1630. The number of esters is 1. The van der Waals surface area contributed by atoms with Gasteiger partial charge in [-0.1, -0.05) is 214 Å². The summed E-state index contributed by atoms with van der Waals surface area (Å²) in [7, 11) is 0. The van der Waals surface area contributed by atoms with E-state index in [0.717, 1.165) is 70.6 Å². The molecule has 2 aliphatic rings. The van der Waals surface area contributed by atoms with Gasteiger partial charge in [0.05, 0.1) is 26.4 Å². The van der Waals surface area contributed by atoms with Crippen molar-refractivity contribution in [2.75, 3.05) is 33.0 Å². The van der Waals surface area contributed by atoms with Gasteiger partial charge in [-0.05, 0) is 83.5 Å². The van der Waals surface area contributed by atoms with Crippen LogP contribution < -0.4 is 0 Å². The van der Waals surface area contributed by atoms with Crippen molar-refractivity contribution in [3.8, 4) is 0 Å². The van der Waals surface area contributed by atoms with Crippen LogP contribution in [0.1, 0.15) is 219 Å². The maximum Gasteiger partial charge on any atom is 0.306 e. The third kappa shape index (κ3) is 37.1. The molecule has 456 valence electrons. The molecule has 0 aromatic carbocycles. The summed E-state index contributed by atoms with van der Waals surface area (Å²) in [5, 5.41) is 72.4. The van der Waals surface area contributed by atoms with Crippen LogP contribution in [-0.2, 0) is 33.2 Å². The van der Waals surface area contributed by atoms with Crippen molar-refractivity contribution >= 4 is 5.97 Å². The van der Waals surface area contributed by atoms with Crippen LogP contribution in [0.15, 0.2) is 85.1 Å². The van der Waals surface area contributed by atoms with Crippen LogP contribution in [0.2, 0.25) is 0 Å². The minimum absolute atomic E-state index is 0.0181. The van der Waals surface area contributed by atoms with Crippen LogP contribution in [0, 0.1) is 0 Å². The molecule has 2 rings (SSSR count). The maximum absolute atomic E-state index is 13.1. The summed E-state index contributed by atoms with van der Waals surface area (Å²) in [6, 6.07) is 0. The molecule has 2 aliphatic heterocycles. The van der Waals surface area contributed by atoms with Gasteiger partial charge >= 0.3 is 5.97 Å². The average Bonchev–Trinajstić information content (AvgIpc) is 3.46.